The number of halogens is 1. The Hall–Kier alpha value is -6.71. The monoisotopic (exact) mass is 750 g/mol. The first-order valence-electron chi connectivity index (χ1n) is 20.3. The lowest BCUT2D eigenvalue weighted by atomic mass is 9.82. The van der Waals surface area contributed by atoms with E-state index in [1.807, 2.05) is 12.1 Å². The molecule has 9 aromatic rings. The second-order valence-corrected chi connectivity index (χ2v) is 17.2. The first-order chi connectivity index (χ1) is 28.1. The second-order valence-electron chi connectivity index (χ2n) is 17.2. The number of anilines is 3. The summed E-state index contributed by atoms with van der Waals surface area (Å²) in [5, 5.41) is 3.53. The van der Waals surface area contributed by atoms with E-state index in [0.717, 1.165) is 50.3 Å². The van der Waals surface area contributed by atoms with E-state index in [9.17, 15) is 4.39 Å². The highest BCUT2D eigenvalue weighted by molar-refractivity contribution is 6.18. The largest absolute Gasteiger partial charge is 0.343 e. The molecule has 0 saturated heterocycles. The van der Waals surface area contributed by atoms with Crippen LogP contribution in [-0.4, -0.2) is 4.57 Å². The van der Waals surface area contributed by atoms with Gasteiger partial charge < -0.3 is 9.47 Å². The Kier molecular flexibility index (Phi) is 7.38. The van der Waals surface area contributed by atoms with Crippen molar-refractivity contribution in [3.05, 3.63) is 198 Å². The number of benzene rings is 8. The molecule has 2 nitrogen and oxygen atoms in total. The molecule has 3 heteroatoms. The van der Waals surface area contributed by atoms with Crippen LogP contribution in [0.15, 0.2) is 170 Å². The highest BCUT2D eigenvalue weighted by Gasteiger charge is 2.38. The standard InChI is InChI=1S/C55H43FN2/c1-54(2)46-17-11-9-15-42(46)44-28-25-39(32-48(44)54)58(40-26-29-45-43-16-10-12-18-47(43)55(3,4)49(45)33-40)38-24-27-41-36(31-38)21-30-50-52(41)51(34-13-7-6-8-14-34)53(57(50)5)35-19-22-37(56)23-20-35/h6-33H,1-5H3. The van der Waals surface area contributed by atoms with Gasteiger partial charge in [-0.15, -0.1) is 0 Å². The molecule has 58 heavy (non-hydrogen) atoms. The molecule has 2 aliphatic rings. The molecule has 0 radical (unpaired) electrons. The average Bonchev–Trinajstić information content (AvgIpc) is 3.77. The molecule has 280 valence electrons. The maximum Gasteiger partial charge on any atom is 0.123 e. The molecule has 1 heterocycles. The Balaban J connectivity index is 1.14. The van der Waals surface area contributed by atoms with Crippen LogP contribution in [0.5, 0.6) is 0 Å². The van der Waals surface area contributed by atoms with Crippen molar-refractivity contribution in [3.8, 4) is 44.6 Å². The van der Waals surface area contributed by atoms with Crippen LogP contribution in [0.25, 0.3) is 66.3 Å². The lowest BCUT2D eigenvalue weighted by molar-refractivity contribution is 0.628. The zero-order valence-corrected chi connectivity index (χ0v) is 33.4. The fourth-order valence-electron chi connectivity index (χ4n) is 10.3. The average molecular weight is 751 g/mol. The molecule has 8 aromatic carbocycles. The van der Waals surface area contributed by atoms with Crippen molar-refractivity contribution in [2.24, 2.45) is 7.05 Å². The Morgan fingerprint density at radius 1 is 0.466 bits per heavy atom. The van der Waals surface area contributed by atoms with Crippen molar-refractivity contribution in [2.45, 2.75) is 38.5 Å². The van der Waals surface area contributed by atoms with E-state index >= 15 is 0 Å². The number of rotatable bonds is 5. The smallest absolute Gasteiger partial charge is 0.123 e. The first kappa shape index (κ1) is 34.5. The van der Waals surface area contributed by atoms with Crippen LogP contribution in [0.2, 0.25) is 0 Å². The third-order valence-corrected chi connectivity index (χ3v) is 13.3. The summed E-state index contributed by atoms with van der Waals surface area (Å²) in [5.74, 6) is -0.237. The molecule has 0 atom stereocenters. The van der Waals surface area contributed by atoms with Crippen LogP contribution in [0.4, 0.5) is 21.5 Å². The van der Waals surface area contributed by atoms with Crippen LogP contribution in [0.1, 0.15) is 49.9 Å². The van der Waals surface area contributed by atoms with E-state index in [2.05, 4.69) is 190 Å². The van der Waals surface area contributed by atoms with Crippen LogP contribution >= 0.6 is 0 Å². The summed E-state index contributed by atoms with van der Waals surface area (Å²) in [6.07, 6.45) is 0. The van der Waals surface area contributed by atoms with Crippen LogP contribution in [0.3, 0.4) is 0 Å². The number of nitrogens with zero attached hydrogens (tertiary/aromatic N) is 2. The first-order valence-corrected chi connectivity index (χ1v) is 20.3. The highest BCUT2D eigenvalue weighted by Crippen LogP contribution is 2.53. The van der Waals surface area contributed by atoms with E-state index in [0.29, 0.717) is 0 Å². The maximum atomic E-state index is 14.2. The number of fused-ring (bicyclic) bond motifs is 9. The zero-order valence-electron chi connectivity index (χ0n) is 33.4. The second kappa shape index (κ2) is 12.4. The van der Waals surface area contributed by atoms with Gasteiger partial charge in [-0.1, -0.05) is 131 Å². The fraction of sp³-hybridized carbons (Fsp3) is 0.127. The van der Waals surface area contributed by atoms with Gasteiger partial charge in [0, 0.05) is 51.4 Å². The summed E-state index contributed by atoms with van der Waals surface area (Å²) >= 11 is 0. The van der Waals surface area contributed by atoms with Gasteiger partial charge in [0.15, 0.2) is 0 Å². The lowest BCUT2D eigenvalue weighted by Crippen LogP contribution is -2.18. The van der Waals surface area contributed by atoms with Gasteiger partial charge in [-0.05, 0) is 133 Å². The normalized spacial score (nSPS) is 14.3. The van der Waals surface area contributed by atoms with E-state index in [1.54, 1.807) is 12.1 Å². The van der Waals surface area contributed by atoms with Crippen molar-refractivity contribution in [3.63, 3.8) is 0 Å². The Morgan fingerprint density at radius 3 is 1.59 bits per heavy atom. The summed E-state index contributed by atoms with van der Waals surface area (Å²) in [6.45, 7) is 9.42. The number of aryl methyl sites for hydroxylation is 1. The van der Waals surface area contributed by atoms with Crippen LogP contribution in [0, 0.1) is 5.82 Å². The number of hydrogen-bond donors (Lipinski definition) is 0. The van der Waals surface area contributed by atoms with E-state index in [1.165, 1.54) is 55.3 Å². The van der Waals surface area contributed by atoms with E-state index in [4.69, 9.17) is 0 Å². The maximum absolute atomic E-state index is 14.2. The van der Waals surface area contributed by atoms with Crippen molar-refractivity contribution < 1.29 is 4.39 Å². The molecule has 0 amide bonds. The fourth-order valence-corrected chi connectivity index (χ4v) is 10.3. The van der Waals surface area contributed by atoms with Gasteiger partial charge in [-0.3, -0.25) is 0 Å². The van der Waals surface area contributed by atoms with Crippen LogP contribution < -0.4 is 4.90 Å². The van der Waals surface area contributed by atoms with Gasteiger partial charge in [-0.25, -0.2) is 4.39 Å². The van der Waals surface area contributed by atoms with Gasteiger partial charge in [0.2, 0.25) is 0 Å². The van der Waals surface area contributed by atoms with Crippen molar-refractivity contribution in [2.75, 3.05) is 4.90 Å². The molecule has 0 N–H and O–H groups in total. The molecule has 11 rings (SSSR count). The Morgan fingerprint density at radius 2 is 0.983 bits per heavy atom. The van der Waals surface area contributed by atoms with E-state index < -0.39 is 0 Å². The van der Waals surface area contributed by atoms with Gasteiger partial charge in [-0.2, -0.15) is 0 Å². The molecular weight excluding hydrogens is 708 g/mol. The van der Waals surface area contributed by atoms with Crippen LogP contribution in [-0.2, 0) is 17.9 Å². The third-order valence-electron chi connectivity index (χ3n) is 13.3. The summed E-state index contributed by atoms with van der Waals surface area (Å²) < 4.78 is 16.5. The number of hydrogen-bond acceptors (Lipinski definition) is 1. The van der Waals surface area contributed by atoms with Gasteiger partial charge in [0.05, 0.1) is 5.69 Å². The predicted molar refractivity (Wildman–Crippen MR) is 241 cm³/mol. The molecule has 0 aliphatic heterocycles. The third kappa shape index (κ3) is 4.89. The zero-order chi connectivity index (χ0) is 39.5. The minimum Gasteiger partial charge on any atom is -0.343 e. The van der Waals surface area contributed by atoms with Crippen molar-refractivity contribution in [1.82, 2.24) is 4.57 Å². The minimum atomic E-state index is -0.237. The minimum absolute atomic E-state index is 0.131. The molecule has 2 aliphatic carbocycles. The molecular formula is C55H43FN2. The van der Waals surface area contributed by atoms with Gasteiger partial charge >= 0.3 is 0 Å². The number of aromatic nitrogens is 1. The summed E-state index contributed by atoms with van der Waals surface area (Å²) in [7, 11) is 2.12. The predicted octanol–water partition coefficient (Wildman–Crippen LogP) is 14.9. The molecule has 0 bridgehead atoms. The highest BCUT2D eigenvalue weighted by atomic mass is 19.1. The molecule has 0 saturated carbocycles. The lowest BCUT2D eigenvalue weighted by Gasteiger charge is -2.30. The topological polar surface area (TPSA) is 8.17 Å². The summed E-state index contributed by atoms with van der Waals surface area (Å²) in [6, 6.07) is 60.8. The Bertz CT molecular complexity index is 3020. The Labute approximate surface area is 339 Å². The summed E-state index contributed by atoms with van der Waals surface area (Å²) in [5.41, 5.74) is 19.3. The van der Waals surface area contributed by atoms with Crippen molar-refractivity contribution >= 4 is 38.7 Å². The quantitative estimate of drug-likeness (QED) is 0.170. The molecule has 0 fully saturated rings. The SMILES string of the molecule is Cn1c(-c2ccc(F)cc2)c(-c2ccccc2)c2c3ccc(N(c4ccc5c(c4)C(C)(C)c4ccccc4-5)c4ccc5c(c4)C(C)(C)c4ccccc4-5)cc3ccc21. The van der Waals surface area contributed by atoms with Gasteiger partial charge in [0.1, 0.15) is 5.82 Å². The molecule has 0 unspecified atom stereocenters. The van der Waals surface area contributed by atoms with E-state index in [-0.39, 0.29) is 16.6 Å². The van der Waals surface area contributed by atoms with Gasteiger partial charge in [0.25, 0.3) is 0 Å². The summed E-state index contributed by atoms with van der Waals surface area (Å²) in [4.78, 5) is 2.45. The molecule has 1 aromatic heterocycles. The van der Waals surface area contributed by atoms with Crippen molar-refractivity contribution in [1.29, 1.82) is 0 Å². The molecule has 0 spiro atoms.